The Morgan fingerprint density at radius 2 is 1.89 bits per heavy atom. The van der Waals surface area contributed by atoms with Crippen molar-refractivity contribution in [3.8, 4) is 0 Å². The fourth-order valence-electron chi connectivity index (χ4n) is 5.13. The summed E-state index contributed by atoms with van der Waals surface area (Å²) in [6.07, 6.45) is -0.257. The zero-order chi connectivity index (χ0) is 27.5. The van der Waals surface area contributed by atoms with Crippen molar-refractivity contribution in [2.75, 3.05) is 0 Å². The van der Waals surface area contributed by atoms with Crippen LogP contribution in [0.15, 0.2) is 11.0 Å². The van der Waals surface area contributed by atoms with Crippen LogP contribution in [0.3, 0.4) is 0 Å². The van der Waals surface area contributed by atoms with Crippen molar-refractivity contribution in [2.45, 2.75) is 104 Å². The third-order valence-electron chi connectivity index (χ3n) is 7.76. The second kappa shape index (κ2) is 12.0. The molecule has 1 unspecified atom stereocenters. The smallest absolute Gasteiger partial charge is 0.407 e. The van der Waals surface area contributed by atoms with Gasteiger partial charge in [0.15, 0.2) is 0 Å². The lowest BCUT2D eigenvalue weighted by Gasteiger charge is -2.34. The number of aromatic nitrogens is 1. The third-order valence-corrected chi connectivity index (χ3v) is 8.55. The normalized spacial score (nSPS) is 34.3. The molecule has 2 aliphatic heterocycles. The lowest BCUT2D eigenvalue weighted by molar-refractivity contribution is -0.155. The number of fused-ring (bicyclic) bond motifs is 1. The van der Waals surface area contributed by atoms with Gasteiger partial charge in [0.25, 0.3) is 0 Å². The summed E-state index contributed by atoms with van der Waals surface area (Å²) < 4.78 is 11.4. The van der Waals surface area contributed by atoms with Gasteiger partial charge in [-0.25, -0.2) is 9.78 Å². The fourth-order valence-corrected chi connectivity index (χ4v) is 5.70. The number of esters is 1. The first kappa shape index (κ1) is 29.3. The lowest BCUT2D eigenvalue weighted by Crippen LogP contribution is -2.46. The molecule has 0 aliphatic carbocycles. The quantitative estimate of drug-likeness (QED) is 0.486. The van der Waals surface area contributed by atoms with Gasteiger partial charge in [0.1, 0.15) is 18.0 Å². The molecule has 3 rings (SSSR count). The number of carbonyl (C=O) groups excluding carboxylic acids is 3. The summed E-state index contributed by atoms with van der Waals surface area (Å²) in [5.41, 5.74) is 0.219. The van der Waals surface area contributed by atoms with Gasteiger partial charge in [-0.3, -0.25) is 9.59 Å². The molecule has 3 heterocycles. The van der Waals surface area contributed by atoms with Gasteiger partial charge >= 0.3 is 12.1 Å². The molecule has 3 N–H and O–H groups in total. The van der Waals surface area contributed by atoms with Gasteiger partial charge in [0, 0.05) is 17.7 Å². The van der Waals surface area contributed by atoms with Crippen LogP contribution in [-0.4, -0.2) is 63.5 Å². The predicted molar refractivity (Wildman–Crippen MR) is 140 cm³/mol. The van der Waals surface area contributed by atoms with E-state index in [0.717, 1.165) is 16.3 Å². The highest BCUT2D eigenvalue weighted by atomic mass is 32.1. The van der Waals surface area contributed by atoms with Crippen LogP contribution in [0.5, 0.6) is 0 Å². The van der Waals surface area contributed by atoms with E-state index in [0.29, 0.717) is 19.3 Å². The van der Waals surface area contributed by atoms with Gasteiger partial charge < -0.3 is 25.0 Å². The highest BCUT2D eigenvalue weighted by Crippen LogP contribution is 2.33. The molecule has 0 bridgehead atoms. The molecule has 2 fully saturated rings. The summed E-state index contributed by atoms with van der Waals surface area (Å²) in [5, 5.41) is 27.4. The van der Waals surface area contributed by atoms with Crippen LogP contribution in [-0.2, 0) is 19.1 Å². The number of cyclic esters (lactones) is 1. The number of alkyl carbamates (subject to hydrolysis) is 1. The molecule has 9 nitrogen and oxygen atoms in total. The predicted octanol–water partition coefficient (Wildman–Crippen LogP) is 3.80. The van der Waals surface area contributed by atoms with Crippen LogP contribution in [0.2, 0.25) is 0 Å². The summed E-state index contributed by atoms with van der Waals surface area (Å²) in [5.74, 6) is -1.85. The van der Waals surface area contributed by atoms with Crippen molar-refractivity contribution >= 4 is 35.3 Å². The number of Topliss-reactive ketones (excluding diaryl/α,β-unsaturated/α-hetero) is 1. The molecule has 7 atom stereocenters. The van der Waals surface area contributed by atoms with E-state index in [-0.39, 0.29) is 30.6 Å². The molecular formula is C27H40N2O7S. The summed E-state index contributed by atoms with van der Waals surface area (Å²) in [4.78, 5) is 42.8. The number of aryl methyl sites for hydroxylation is 1. The number of aliphatic hydroxyl groups excluding tert-OH is 2. The van der Waals surface area contributed by atoms with Crippen molar-refractivity contribution in [1.29, 1.82) is 0 Å². The zero-order valence-electron chi connectivity index (χ0n) is 22.5. The number of carbonyl (C=O) groups is 3. The van der Waals surface area contributed by atoms with E-state index >= 15 is 0 Å². The Morgan fingerprint density at radius 1 is 1.19 bits per heavy atom. The fraction of sp³-hybridized carbons (Fsp3) is 0.704. The number of rotatable bonds is 2. The number of nitrogens with one attached hydrogen (secondary N) is 1. The maximum absolute atomic E-state index is 13.2. The SMILES string of the molecule is C/C(=C\c1csc(C)n1)[C@@H]1C[C@@H]2OC(=O)NC2CCC[C@H](C)[C@H](O)[C@@H](C)C(=O)C(C)(C)[C@@H](O)CC(=O)O1. The van der Waals surface area contributed by atoms with E-state index in [2.05, 4.69) is 10.3 Å². The van der Waals surface area contributed by atoms with Gasteiger partial charge in [-0.15, -0.1) is 11.3 Å². The van der Waals surface area contributed by atoms with Crippen LogP contribution in [0.4, 0.5) is 4.79 Å². The lowest BCUT2D eigenvalue weighted by atomic mass is 9.73. The van der Waals surface area contributed by atoms with Crippen molar-refractivity contribution < 1.29 is 34.1 Å². The van der Waals surface area contributed by atoms with Gasteiger partial charge in [-0.1, -0.05) is 34.1 Å². The minimum atomic E-state index is -1.30. The summed E-state index contributed by atoms with van der Waals surface area (Å²) >= 11 is 1.51. The Labute approximate surface area is 222 Å². The topological polar surface area (TPSA) is 135 Å². The number of aliphatic hydroxyl groups is 2. The molecule has 0 aromatic carbocycles. The number of ether oxygens (including phenoxy) is 2. The maximum atomic E-state index is 13.2. The molecular weight excluding hydrogens is 496 g/mol. The first-order valence-corrected chi connectivity index (χ1v) is 13.8. The van der Waals surface area contributed by atoms with Gasteiger partial charge in [-0.05, 0) is 44.3 Å². The number of amides is 1. The Balaban J connectivity index is 1.91. The molecule has 10 heteroatoms. The summed E-state index contributed by atoms with van der Waals surface area (Å²) in [6, 6.07) is -0.274. The second-order valence-corrected chi connectivity index (χ2v) is 12.1. The number of hydrogen-bond acceptors (Lipinski definition) is 9. The van der Waals surface area contributed by atoms with Crippen LogP contribution < -0.4 is 5.32 Å². The second-order valence-electron chi connectivity index (χ2n) is 11.1. The minimum absolute atomic E-state index is 0.166. The Kier molecular flexibility index (Phi) is 9.52. The molecule has 206 valence electrons. The molecule has 0 radical (unpaired) electrons. The van der Waals surface area contributed by atoms with Crippen molar-refractivity contribution in [3.05, 3.63) is 21.7 Å². The third kappa shape index (κ3) is 7.18. The number of thiazole rings is 1. The van der Waals surface area contributed by atoms with Gasteiger partial charge in [0.05, 0.1) is 40.8 Å². The first-order chi connectivity index (χ1) is 17.3. The van der Waals surface area contributed by atoms with Crippen molar-refractivity contribution in [2.24, 2.45) is 17.3 Å². The largest absolute Gasteiger partial charge is 0.458 e. The molecule has 1 aromatic rings. The summed E-state index contributed by atoms with van der Waals surface area (Å²) in [6.45, 7) is 10.5. The van der Waals surface area contributed by atoms with Gasteiger partial charge in [-0.2, -0.15) is 0 Å². The Bertz CT molecular complexity index is 1020. The molecule has 37 heavy (non-hydrogen) atoms. The first-order valence-electron chi connectivity index (χ1n) is 13.0. The van der Waals surface area contributed by atoms with Crippen molar-refractivity contribution in [3.63, 3.8) is 0 Å². The number of hydrogen-bond donors (Lipinski definition) is 3. The minimum Gasteiger partial charge on any atom is -0.458 e. The molecule has 0 spiro atoms. The standard InChI is InChI=1S/C27H40N2O7S/c1-14-8-7-9-19-21(36-26(34)29-19)11-20(15(2)10-18-13-37-17(4)28-18)35-23(31)12-22(30)27(5,6)25(33)16(3)24(14)32/h10,13-14,16,19-22,24,30,32H,7-9,11-12H2,1-6H3,(H,29,34)/b15-10+/t14-,16+,19?,20-,21-,22-,24-/m0/s1. The van der Waals surface area contributed by atoms with Crippen molar-refractivity contribution in [1.82, 2.24) is 10.3 Å². The van der Waals surface area contributed by atoms with Crippen LogP contribution in [0.25, 0.3) is 6.08 Å². The molecule has 1 amide bonds. The maximum Gasteiger partial charge on any atom is 0.407 e. The van der Waals surface area contributed by atoms with Crippen LogP contribution >= 0.6 is 11.3 Å². The van der Waals surface area contributed by atoms with E-state index in [1.54, 1.807) is 20.8 Å². The average Bonchev–Trinajstić information content (AvgIpc) is 3.40. The molecule has 2 aliphatic rings. The van der Waals surface area contributed by atoms with E-state index in [1.165, 1.54) is 11.3 Å². The summed E-state index contributed by atoms with van der Waals surface area (Å²) in [7, 11) is 0. The Morgan fingerprint density at radius 3 is 2.54 bits per heavy atom. The number of ketones is 1. The van der Waals surface area contributed by atoms with Crippen LogP contribution in [0, 0.1) is 24.2 Å². The number of nitrogens with zero attached hydrogens (tertiary/aromatic N) is 1. The van der Waals surface area contributed by atoms with E-state index in [9.17, 15) is 24.6 Å². The van der Waals surface area contributed by atoms with E-state index in [1.807, 2.05) is 32.2 Å². The molecule has 0 saturated carbocycles. The highest BCUT2D eigenvalue weighted by Gasteiger charge is 2.43. The molecule has 1 aromatic heterocycles. The monoisotopic (exact) mass is 536 g/mol. The highest BCUT2D eigenvalue weighted by molar-refractivity contribution is 7.09. The zero-order valence-corrected chi connectivity index (χ0v) is 23.3. The van der Waals surface area contributed by atoms with E-state index in [4.69, 9.17) is 9.47 Å². The van der Waals surface area contributed by atoms with Gasteiger partial charge in [0.2, 0.25) is 0 Å². The van der Waals surface area contributed by atoms with E-state index < -0.39 is 47.8 Å². The Hall–Kier alpha value is -2.30. The van der Waals surface area contributed by atoms with Crippen LogP contribution in [0.1, 0.15) is 77.4 Å². The average molecular weight is 537 g/mol. The molecule has 2 saturated heterocycles.